The SMILES string of the molecule is Cc1cc(SC#N)ccc1NC(=O)COC(=O)c1ccc(Cl)c([N+](=O)[O-])c1. The quantitative estimate of drug-likeness (QED) is 0.254. The van der Waals surface area contributed by atoms with Crippen LogP contribution < -0.4 is 5.32 Å². The second-order valence-electron chi connectivity index (χ2n) is 5.22. The summed E-state index contributed by atoms with van der Waals surface area (Å²) in [6.07, 6.45) is 0. The summed E-state index contributed by atoms with van der Waals surface area (Å²) >= 11 is 6.68. The first kappa shape index (κ1) is 20.2. The van der Waals surface area contributed by atoms with Crippen LogP contribution in [0.5, 0.6) is 0 Å². The molecule has 0 fully saturated rings. The molecule has 2 rings (SSSR count). The predicted octanol–water partition coefficient (Wildman–Crippen LogP) is 3.93. The summed E-state index contributed by atoms with van der Waals surface area (Å²) in [5, 5.41) is 23.9. The van der Waals surface area contributed by atoms with Crippen molar-refractivity contribution >= 4 is 46.6 Å². The van der Waals surface area contributed by atoms with Gasteiger partial charge in [-0.1, -0.05) is 11.6 Å². The fraction of sp³-hybridized carbons (Fsp3) is 0.118. The smallest absolute Gasteiger partial charge is 0.338 e. The van der Waals surface area contributed by atoms with E-state index in [2.05, 4.69) is 5.32 Å². The first-order valence-corrected chi connectivity index (χ1v) is 8.58. The van der Waals surface area contributed by atoms with Crippen molar-refractivity contribution in [1.29, 1.82) is 5.26 Å². The van der Waals surface area contributed by atoms with E-state index >= 15 is 0 Å². The number of hydrogen-bond donors (Lipinski definition) is 1. The molecule has 1 N–H and O–H groups in total. The van der Waals surface area contributed by atoms with Gasteiger partial charge < -0.3 is 10.1 Å². The Morgan fingerprint density at radius 2 is 2.07 bits per heavy atom. The molecule has 0 aliphatic rings. The molecule has 10 heteroatoms. The van der Waals surface area contributed by atoms with E-state index in [1.807, 2.05) is 5.40 Å². The standard InChI is InChI=1S/C17H12ClN3O5S/c1-10-6-12(27-9-19)3-5-14(10)20-16(22)8-26-17(23)11-2-4-13(18)15(7-11)21(24)25/h2-7H,8H2,1H3,(H,20,22). The molecule has 27 heavy (non-hydrogen) atoms. The van der Waals surface area contributed by atoms with Crippen LogP contribution in [0.3, 0.4) is 0 Å². The lowest BCUT2D eigenvalue weighted by Crippen LogP contribution is -2.21. The number of carbonyl (C=O) groups is 2. The summed E-state index contributed by atoms with van der Waals surface area (Å²) in [5.74, 6) is -1.46. The third-order valence-corrected chi connectivity index (χ3v) is 4.25. The van der Waals surface area contributed by atoms with Crippen molar-refractivity contribution in [2.45, 2.75) is 11.8 Å². The lowest BCUT2D eigenvalue weighted by Gasteiger charge is -2.10. The summed E-state index contributed by atoms with van der Waals surface area (Å²) in [6.45, 7) is 1.19. The molecule has 2 aromatic rings. The highest BCUT2D eigenvalue weighted by atomic mass is 35.5. The van der Waals surface area contributed by atoms with Gasteiger partial charge in [0.2, 0.25) is 0 Å². The van der Waals surface area contributed by atoms with Crippen LogP contribution in [0.1, 0.15) is 15.9 Å². The molecule has 0 unspecified atom stereocenters. The Hall–Kier alpha value is -3.09. The van der Waals surface area contributed by atoms with Crippen LogP contribution in [0.15, 0.2) is 41.3 Å². The van der Waals surface area contributed by atoms with E-state index in [4.69, 9.17) is 21.6 Å². The fourth-order valence-electron chi connectivity index (χ4n) is 2.07. The number of hydrogen-bond acceptors (Lipinski definition) is 7. The van der Waals surface area contributed by atoms with Crippen LogP contribution in [0.2, 0.25) is 5.02 Å². The van der Waals surface area contributed by atoms with E-state index in [9.17, 15) is 19.7 Å². The number of anilines is 1. The number of nitro groups is 1. The third kappa shape index (κ3) is 5.44. The fourth-order valence-corrected chi connectivity index (χ4v) is 2.74. The zero-order valence-corrected chi connectivity index (χ0v) is 15.5. The molecule has 0 spiro atoms. The summed E-state index contributed by atoms with van der Waals surface area (Å²) in [4.78, 5) is 34.8. The second kappa shape index (κ2) is 9.02. The first-order chi connectivity index (χ1) is 12.8. The molecular formula is C17H12ClN3O5S. The van der Waals surface area contributed by atoms with E-state index in [0.717, 1.165) is 28.3 Å². The van der Waals surface area contributed by atoms with E-state index in [0.29, 0.717) is 5.69 Å². The lowest BCUT2D eigenvalue weighted by molar-refractivity contribution is -0.384. The maximum absolute atomic E-state index is 12.0. The molecule has 1 amide bonds. The normalized spacial score (nSPS) is 9.96. The van der Waals surface area contributed by atoms with Gasteiger partial charge in [0.1, 0.15) is 10.4 Å². The van der Waals surface area contributed by atoms with Gasteiger partial charge in [-0.3, -0.25) is 14.9 Å². The molecule has 0 bridgehead atoms. The number of esters is 1. The largest absolute Gasteiger partial charge is 0.452 e. The number of amides is 1. The van der Waals surface area contributed by atoms with Gasteiger partial charge in [0, 0.05) is 16.6 Å². The number of aryl methyl sites for hydroxylation is 1. The van der Waals surface area contributed by atoms with Crippen LogP contribution in [0, 0.1) is 27.7 Å². The van der Waals surface area contributed by atoms with Gasteiger partial charge in [-0.25, -0.2) is 4.79 Å². The predicted molar refractivity (Wildman–Crippen MR) is 99.7 cm³/mol. The Labute approximate surface area is 163 Å². The second-order valence-corrected chi connectivity index (χ2v) is 6.48. The van der Waals surface area contributed by atoms with Crippen molar-refractivity contribution in [3.63, 3.8) is 0 Å². The summed E-state index contributed by atoms with van der Waals surface area (Å²) in [7, 11) is 0. The maximum Gasteiger partial charge on any atom is 0.338 e. The molecule has 0 aliphatic carbocycles. The zero-order valence-electron chi connectivity index (χ0n) is 13.9. The van der Waals surface area contributed by atoms with Gasteiger partial charge in [0.15, 0.2) is 6.61 Å². The number of nitrogens with zero attached hydrogens (tertiary/aromatic N) is 2. The van der Waals surface area contributed by atoms with Gasteiger partial charge in [-0.05, 0) is 54.6 Å². The molecule has 2 aromatic carbocycles. The molecule has 0 saturated carbocycles. The molecule has 138 valence electrons. The van der Waals surface area contributed by atoms with E-state index in [-0.39, 0.29) is 10.6 Å². The molecule has 0 heterocycles. The van der Waals surface area contributed by atoms with Crippen LogP contribution in [0.4, 0.5) is 11.4 Å². The van der Waals surface area contributed by atoms with Crippen molar-refractivity contribution in [3.8, 4) is 5.40 Å². The number of ether oxygens (including phenoxy) is 1. The van der Waals surface area contributed by atoms with Crippen molar-refractivity contribution in [3.05, 3.63) is 62.7 Å². The Bertz CT molecular complexity index is 958. The minimum absolute atomic E-state index is 0.0899. The number of nitriles is 1. The van der Waals surface area contributed by atoms with Gasteiger partial charge in [0.05, 0.1) is 10.5 Å². The van der Waals surface area contributed by atoms with Crippen molar-refractivity contribution < 1.29 is 19.2 Å². The van der Waals surface area contributed by atoms with E-state index in [1.165, 1.54) is 12.1 Å². The van der Waals surface area contributed by atoms with Gasteiger partial charge >= 0.3 is 5.97 Å². The molecule has 0 radical (unpaired) electrons. The zero-order chi connectivity index (χ0) is 20.0. The highest BCUT2D eigenvalue weighted by molar-refractivity contribution is 8.03. The molecule has 0 aromatic heterocycles. The molecule has 0 aliphatic heterocycles. The van der Waals surface area contributed by atoms with Gasteiger partial charge in [-0.15, -0.1) is 0 Å². The van der Waals surface area contributed by atoms with Gasteiger partial charge in [-0.2, -0.15) is 5.26 Å². The number of nitro benzene ring substituents is 1. The minimum atomic E-state index is -0.887. The highest BCUT2D eigenvalue weighted by Gasteiger charge is 2.18. The average Bonchev–Trinajstić information content (AvgIpc) is 2.62. The van der Waals surface area contributed by atoms with Crippen molar-refractivity contribution in [2.75, 3.05) is 11.9 Å². The molecule has 0 saturated heterocycles. The van der Waals surface area contributed by atoms with E-state index < -0.39 is 29.1 Å². The highest BCUT2D eigenvalue weighted by Crippen LogP contribution is 2.25. The number of benzene rings is 2. The van der Waals surface area contributed by atoms with Crippen LogP contribution in [0.25, 0.3) is 0 Å². The Morgan fingerprint density at radius 3 is 2.70 bits per heavy atom. The molecule has 0 atom stereocenters. The first-order valence-electron chi connectivity index (χ1n) is 7.39. The van der Waals surface area contributed by atoms with Crippen molar-refractivity contribution in [2.24, 2.45) is 0 Å². The number of nitrogens with one attached hydrogen (secondary N) is 1. The Balaban J connectivity index is 1.98. The van der Waals surface area contributed by atoms with Crippen LogP contribution >= 0.6 is 23.4 Å². The van der Waals surface area contributed by atoms with Crippen LogP contribution in [-0.4, -0.2) is 23.4 Å². The minimum Gasteiger partial charge on any atom is -0.452 e. The number of thioether (sulfide) groups is 1. The summed E-state index contributed by atoms with van der Waals surface area (Å²) in [5.41, 5.74) is 0.734. The molecular weight excluding hydrogens is 394 g/mol. The number of halogens is 1. The lowest BCUT2D eigenvalue weighted by atomic mass is 10.2. The van der Waals surface area contributed by atoms with Crippen LogP contribution in [-0.2, 0) is 9.53 Å². The summed E-state index contributed by atoms with van der Waals surface area (Å²) in [6, 6.07) is 8.51. The van der Waals surface area contributed by atoms with Crippen molar-refractivity contribution in [1.82, 2.24) is 0 Å². The Morgan fingerprint density at radius 1 is 1.33 bits per heavy atom. The van der Waals surface area contributed by atoms with Gasteiger partial charge in [0.25, 0.3) is 11.6 Å². The topological polar surface area (TPSA) is 122 Å². The average molecular weight is 406 g/mol. The Kier molecular flexibility index (Phi) is 6.76. The summed E-state index contributed by atoms with van der Waals surface area (Å²) < 4.78 is 4.88. The number of rotatable bonds is 6. The third-order valence-electron chi connectivity index (χ3n) is 3.35. The van der Waals surface area contributed by atoms with E-state index in [1.54, 1.807) is 25.1 Å². The number of carbonyl (C=O) groups excluding carboxylic acids is 2. The monoisotopic (exact) mass is 405 g/mol. The maximum atomic E-state index is 12.0. The number of thiocyanates is 1. The molecule has 8 nitrogen and oxygen atoms in total.